The van der Waals surface area contributed by atoms with Crippen molar-refractivity contribution in [2.75, 3.05) is 0 Å². The summed E-state index contributed by atoms with van der Waals surface area (Å²) in [5, 5.41) is 0. The summed E-state index contributed by atoms with van der Waals surface area (Å²) in [6.45, 7) is 0. The number of benzene rings is 1. The van der Waals surface area contributed by atoms with Gasteiger partial charge in [-0.2, -0.15) is 0 Å². The highest BCUT2D eigenvalue weighted by molar-refractivity contribution is 5.78. The summed E-state index contributed by atoms with van der Waals surface area (Å²) in [5.74, 6) is 0.382. The predicted octanol–water partition coefficient (Wildman–Crippen LogP) is 2.15. The Labute approximate surface area is 95.8 Å². The fourth-order valence-electron chi connectivity index (χ4n) is 3.49. The van der Waals surface area contributed by atoms with Crippen molar-refractivity contribution >= 4 is 5.91 Å². The molecule has 0 saturated carbocycles. The number of rotatable bonds is 1. The molecule has 0 radical (unpaired) electrons. The number of primary amides is 1. The van der Waals surface area contributed by atoms with Gasteiger partial charge in [0.15, 0.2) is 0 Å². The van der Waals surface area contributed by atoms with Gasteiger partial charge in [-0.05, 0) is 54.7 Å². The SMILES string of the molecule is NC(=O)C1CCc2cccc3c2C1CCC3. The van der Waals surface area contributed by atoms with Crippen molar-refractivity contribution in [3.05, 3.63) is 34.9 Å². The molecule has 0 bridgehead atoms. The van der Waals surface area contributed by atoms with E-state index in [1.54, 1.807) is 0 Å². The van der Waals surface area contributed by atoms with Gasteiger partial charge in [-0.1, -0.05) is 18.2 Å². The van der Waals surface area contributed by atoms with Crippen molar-refractivity contribution in [2.24, 2.45) is 11.7 Å². The molecule has 2 heteroatoms. The molecule has 1 amide bonds. The molecule has 0 spiro atoms. The molecule has 1 aromatic rings. The molecule has 0 fully saturated rings. The molecule has 84 valence electrons. The lowest BCUT2D eigenvalue weighted by atomic mass is 9.68. The van der Waals surface area contributed by atoms with Crippen LogP contribution in [0.4, 0.5) is 0 Å². The first kappa shape index (κ1) is 9.88. The highest BCUT2D eigenvalue weighted by atomic mass is 16.1. The first-order chi connectivity index (χ1) is 7.77. The van der Waals surface area contributed by atoms with E-state index < -0.39 is 0 Å². The molecule has 0 heterocycles. The van der Waals surface area contributed by atoms with Gasteiger partial charge in [0.2, 0.25) is 5.91 Å². The maximum Gasteiger partial charge on any atom is 0.221 e. The van der Waals surface area contributed by atoms with Gasteiger partial charge >= 0.3 is 0 Å². The van der Waals surface area contributed by atoms with E-state index in [1.807, 2.05) is 0 Å². The van der Waals surface area contributed by atoms with Gasteiger partial charge in [-0.3, -0.25) is 4.79 Å². The van der Waals surface area contributed by atoms with Crippen LogP contribution < -0.4 is 5.73 Å². The number of carbonyl (C=O) groups is 1. The Kier molecular flexibility index (Phi) is 2.23. The molecule has 16 heavy (non-hydrogen) atoms. The molecule has 2 aliphatic carbocycles. The minimum atomic E-state index is -0.104. The number of amides is 1. The van der Waals surface area contributed by atoms with Gasteiger partial charge in [0, 0.05) is 5.92 Å². The smallest absolute Gasteiger partial charge is 0.221 e. The van der Waals surface area contributed by atoms with Gasteiger partial charge in [0.1, 0.15) is 0 Å². The Morgan fingerprint density at radius 1 is 1.19 bits per heavy atom. The van der Waals surface area contributed by atoms with E-state index in [2.05, 4.69) is 18.2 Å². The van der Waals surface area contributed by atoms with Gasteiger partial charge in [-0.15, -0.1) is 0 Å². The van der Waals surface area contributed by atoms with Gasteiger partial charge in [0.25, 0.3) is 0 Å². The van der Waals surface area contributed by atoms with E-state index in [0.29, 0.717) is 5.92 Å². The maximum atomic E-state index is 11.5. The van der Waals surface area contributed by atoms with Crippen LogP contribution in [-0.2, 0) is 17.6 Å². The number of nitrogens with two attached hydrogens (primary N) is 1. The second-order valence-electron chi connectivity index (χ2n) is 5.04. The number of carbonyl (C=O) groups excluding carboxylic acids is 1. The maximum absolute atomic E-state index is 11.5. The largest absolute Gasteiger partial charge is 0.369 e. The van der Waals surface area contributed by atoms with E-state index in [1.165, 1.54) is 29.5 Å². The molecular formula is C14H17NO. The molecule has 0 aromatic heterocycles. The average molecular weight is 215 g/mol. The van der Waals surface area contributed by atoms with Crippen molar-refractivity contribution in [1.29, 1.82) is 0 Å². The normalized spacial score (nSPS) is 27.2. The topological polar surface area (TPSA) is 43.1 Å². The molecule has 2 atom stereocenters. The van der Waals surface area contributed by atoms with Crippen molar-refractivity contribution < 1.29 is 4.79 Å². The van der Waals surface area contributed by atoms with Crippen LogP contribution in [0.5, 0.6) is 0 Å². The predicted molar refractivity (Wildman–Crippen MR) is 63.1 cm³/mol. The molecule has 0 aliphatic heterocycles. The van der Waals surface area contributed by atoms with Crippen molar-refractivity contribution in [2.45, 2.75) is 38.0 Å². The molecule has 2 N–H and O–H groups in total. The van der Waals surface area contributed by atoms with Gasteiger partial charge < -0.3 is 5.73 Å². The van der Waals surface area contributed by atoms with Gasteiger partial charge in [0.05, 0.1) is 0 Å². The van der Waals surface area contributed by atoms with Crippen molar-refractivity contribution in [3.63, 3.8) is 0 Å². The van der Waals surface area contributed by atoms with E-state index >= 15 is 0 Å². The van der Waals surface area contributed by atoms with E-state index in [4.69, 9.17) is 5.73 Å². The quantitative estimate of drug-likeness (QED) is 0.766. The van der Waals surface area contributed by atoms with Crippen LogP contribution in [0.15, 0.2) is 18.2 Å². The van der Waals surface area contributed by atoms with Crippen molar-refractivity contribution in [1.82, 2.24) is 0 Å². The number of aryl methyl sites for hydroxylation is 2. The third-order valence-corrected chi connectivity index (χ3v) is 4.19. The van der Waals surface area contributed by atoms with E-state index in [9.17, 15) is 4.79 Å². The minimum absolute atomic E-state index is 0.0777. The standard InChI is InChI=1S/C14H17NO/c15-14(16)12-8-7-10-4-1-3-9-5-2-6-11(12)13(9)10/h1,3-4,11-12H,2,5-8H2,(H2,15,16). The first-order valence-corrected chi connectivity index (χ1v) is 6.17. The average Bonchev–Trinajstić information content (AvgIpc) is 2.30. The number of hydrogen-bond acceptors (Lipinski definition) is 1. The zero-order chi connectivity index (χ0) is 11.1. The Bertz CT molecular complexity index is 424. The fourth-order valence-corrected chi connectivity index (χ4v) is 3.49. The van der Waals surface area contributed by atoms with Crippen LogP contribution in [0, 0.1) is 5.92 Å². The third-order valence-electron chi connectivity index (χ3n) is 4.19. The van der Waals surface area contributed by atoms with Crippen LogP contribution in [0.2, 0.25) is 0 Å². The number of hydrogen-bond donors (Lipinski definition) is 1. The lowest BCUT2D eigenvalue weighted by Gasteiger charge is -2.36. The van der Waals surface area contributed by atoms with E-state index in [-0.39, 0.29) is 11.8 Å². The highest BCUT2D eigenvalue weighted by Crippen LogP contribution is 2.44. The zero-order valence-corrected chi connectivity index (χ0v) is 9.41. The molecule has 0 saturated heterocycles. The summed E-state index contributed by atoms with van der Waals surface area (Å²) in [4.78, 5) is 11.5. The van der Waals surface area contributed by atoms with Crippen molar-refractivity contribution in [3.8, 4) is 0 Å². The summed E-state index contributed by atoms with van der Waals surface area (Å²) in [6.07, 6.45) is 5.47. The molecule has 2 aliphatic rings. The highest BCUT2D eigenvalue weighted by Gasteiger charge is 2.35. The Balaban J connectivity index is 2.10. The lowest BCUT2D eigenvalue weighted by Crippen LogP contribution is -2.34. The molecular weight excluding hydrogens is 198 g/mol. The summed E-state index contributed by atoms with van der Waals surface area (Å²) >= 11 is 0. The molecule has 2 unspecified atom stereocenters. The molecule has 2 nitrogen and oxygen atoms in total. The van der Waals surface area contributed by atoms with Gasteiger partial charge in [-0.25, -0.2) is 0 Å². The Morgan fingerprint density at radius 2 is 1.94 bits per heavy atom. The summed E-state index contributed by atoms with van der Waals surface area (Å²) < 4.78 is 0. The molecule has 3 rings (SSSR count). The monoisotopic (exact) mass is 215 g/mol. The van der Waals surface area contributed by atoms with Crippen LogP contribution in [0.3, 0.4) is 0 Å². The summed E-state index contributed by atoms with van der Waals surface area (Å²) in [5.41, 5.74) is 9.90. The lowest BCUT2D eigenvalue weighted by molar-refractivity contribution is -0.123. The molecule has 1 aromatic carbocycles. The fraction of sp³-hybridized carbons (Fsp3) is 0.500. The van der Waals surface area contributed by atoms with Crippen LogP contribution >= 0.6 is 0 Å². The Morgan fingerprint density at radius 3 is 2.69 bits per heavy atom. The Hall–Kier alpha value is -1.31. The third kappa shape index (κ3) is 1.36. The second-order valence-corrected chi connectivity index (χ2v) is 5.04. The summed E-state index contributed by atoms with van der Waals surface area (Å²) in [7, 11) is 0. The second kappa shape index (κ2) is 3.62. The summed E-state index contributed by atoms with van der Waals surface area (Å²) in [6, 6.07) is 6.59. The zero-order valence-electron chi connectivity index (χ0n) is 9.41. The van der Waals surface area contributed by atoms with E-state index in [0.717, 1.165) is 19.3 Å². The van der Waals surface area contributed by atoms with Crippen LogP contribution in [0.25, 0.3) is 0 Å². The first-order valence-electron chi connectivity index (χ1n) is 6.17. The van der Waals surface area contributed by atoms with Crippen LogP contribution in [-0.4, -0.2) is 5.91 Å². The minimum Gasteiger partial charge on any atom is -0.369 e. The van der Waals surface area contributed by atoms with Crippen LogP contribution in [0.1, 0.15) is 41.9 Å².